The van der Waals surface area contributed by atoms with E-state index in [4.69, 9.17) is 11.6 Å². The lowest BCUT2D eigenvalue weighted by Crippen LogP contribution is -2.07. The van der Waals surface area contributed by atoms with Crippen molar-refractivity contribution in [3.63, 3.8) is 0 Å². The monoisotopic (exact) mass is 287 g/mol. The topological polar surface area (TPSA) is 29.1 Å². The van der Waals surface area contributed by atoms with Crippen molar-refractivity contribution < 1.29 is 18.0 Å². The molecule has 1 amide bonds. The van der Waals surface area contributed by atoms with Crippen LogP contribution in [-0.2, 0) is 11.0 Å². The molecular formula is C13H9ClF3NO. The van der Waals surface area contributed by atoms with Crippen LogP contribution in [0.2, 0.25) is 5.02 Å². The van der Waals surface area contributed by atoms with Gasteiger partial charge in [-0.25, -0.2) is 0 Å². The lowest BCUT2D eigenvalue weighted by Gasteiger charge is -2.11. The van der Waals surface area contributed by atoms with Crippen LogP contribution in [0.4, 0.5) is 18.9 Å². The highest BCUT2D eigenvalue weighted by Crippen LogP contribution is 2.36. The summed E-state index contributed by atoms with van der Waals surface area (Å²) in [4.78, 5) is 11.0. The zero-order valence-corrected chi connectivity index (χ0v) is 10.6. The van der Waals surface area contributed by atoms with Crippen LogP contribution in [0.1, 0.15) is 12.5 Å². The molecule has 0 saturated carbocycles. The number of halogens is 4. The molecule has 100 valence electrons. The summed E-state index contributed by atoms with van der Waals surface area (Å²) in [6.45, 7) is 1.30. The first-order valence-corrected chi connectivity index (χ1v) is 5.74. The summed E-state index contributed by atoms with van der Waals surface area (Å²) in [6.07, 6.45) is -4.43. The molecular weight excluding hydrogens is 279 g/mol. The van der Waals surface area contributed by atoms with Gasteiger partial charge in [-0.2, -0.15) is 13.2 Å². The highest BCUT2D eigenvalue weighted by atomic mass is 35.5. The standard InChI is InChI=1S/C13H9ClF3NO/c1-7(19)18-11-5-3-8-2-4-9(13(15,16)17)6-10(8)12(11)14/h2-6H,1H3,(H,18,19). The second-order valence-electron chi connectivity index (χ2n) is 4.04. The summed E-state index contributed by atoms with van der Waals surface area (Å²) in [5, 5.41) is 3.40. The Morgan fingerprint density at radius 1 is 1.21 bits per heavy atom. The maximum atomic E-state index is 12.6. The van der Waals surface area contributed by atoms with Crippen molar-refractivity contribution in [1.29, 1.82) is 0 Å². The molecule has 0 aliphatic heterocycles. The van der Waals surface area contributed by atoms with Crippen molar-refractivity contribution in [3.8, 4) is 0 Å². The van der Waals surface area contributed by atoms with Crippen molar-refractivity contribution in [2.24, 2.45) is 0 Å². The number of amides is 1. The number of benzene rings is 2. The fourth-order valence-corrected chi connectivity index (χ4v) is 2.02. The molecule has 1 N–H and O–H groups in total. The molecule has 0 radical (unpaired) electrons. The van der Waals surface area contributed by atoms with Gasteiger partial charge in [-0.15, -0.1) is 0 Å². The van der Waals surface area contributed by atoms with Gasteiger partial charge >= 0.3 is 6.18 Å². The maximum absolute atomic E-state index is 12.6. The quantitative estimate of drug-likeness (QED) is 0.824. The Labute approximate surface area is 112 Å². The molecule has 0 atom stereocenters. The molecule has 0 aromatic heterocycles. The van der Waals surface area contributed by atoms with Gasteiger partial charge in [-0.1, -0.05) is 23.7 Å². The molecule has 0 spiro atoms. The molecule has 0 saturated heterocycles. The number of hydrogen-bond donors (Lipinski definition) is 1. The minimum Gasteiger partial charge on any atom is -0.325 e. The van der Waals surface area contributed by atoms with Gasteiger partial charge in [-0.3, -0.25) is 4.79 Å². The van der Waals surface area contributed by atoms with Gasteiger partial charge < -0.3 is 5.32 Å². The van der Waals surface area contributed by atoms with Gasteiger partial charge in [0.2, 0.25) is 5.91 Å². The molecule has 0 fully saturated rings. The second kappa shape index (κ2) is 4.74. The van der Waals surface area contributed by atoms with Crippen LogP contribution in [0.5, 0.6) is 0 Å². The molecule has 0 unspecified atom stereocenters. The van der Waals surface area contributed by atoms with E-state index in [9.17, 15) is 18.0 Å². The number of rotatable bonds is 1. The number of carbonyl (C=O) groups is 1. The normalized spacial score (nSPS) is 11.6. The summed E-state index contributed by atoms with van der Waals surface area (Å²) in [6, 6.07) is 6.48. The van der Waals surface area contributed by atoms with Crippen molar-refractivity contribution in [1.82, 2.24) is 0 Å². The van der Waals surface area contributed by atoms with E-state index in [1.807, 2.05) is 0 Å². The minimum atomic E-state index is -4.43. The highest BCUT2D eigenvalue weighted by molar-refractivity contribution is 6.38. The molecule has 0 bridgehead atoms. The van der Waals surface area contributed by atoms with E-state index < -0.39 is 11.7 Å². The van der Waals surface area contributed by atoms with Gasteiger partial charge in [0.1, 0.15) is 0 Å². The summed E-state index contributed by atoms with van der Waals surface area (Å²) in [5.41, 5.74) is -0.483. The fourth-order valence-electron chi connectivity index (χ4n) is 1.75. The van der Waals surface area contributed by atoms with Gasteiger partial charge in [-0.05, 0) is 23.6 Å². The second-order valence-corrected chi connectivity index (χ2v) is 4.42. The van der Waals surface area contributed by atoms with Crippen LogP contribution in [0, 0.1) is 0 Å². The Morgan fingerprint density at radius 2 is 1.84 bits per heavy atom. The van der Waals surface area contributed by atoms with E-state index in [0.29, 0.717) is 11.1 Å². The molecule has 0 heterocycles. The van der Waals surface area contributed by atoms with Gasteiger partial charge in [0.15, 0.2) is 0 Å². The van der Waals surface area contributed by atoms with E-state index in [2.05, 4.69) is 5.32 Å². The fraction of sp³-hybridized carbons (Fsp3) is 0.154. The number of nitrogens with one attached hydrogen (secondary N) is 1. The van der Waals surface area contributed by atoms with E-state index in [-0.39, 0.29) is 16.3 Å². The maximum Gasteiger partial charge on any atom is 0.416 e. The average molecular weight is 288 g/mol. The van der Waals surface area contributed by atoms with Crippen LogP contribution in [0.3, 0.4) is 0 Å². The van der Waals surface area contributed by atoms with E-state index in [1.165, 1.54) is 13.0 Å². The smallest absolute Gasteiger partial charge is 0.325 e. The average Bonchev–Trinajstić information content (AvgIpc) is 2.31. The Bertz CT molecular complexity index is 652. The number of fused-ring (bicyclic) bond motifs is 1. The third-order valence-electron chi connectivity index (χ3n) is 2.59. The first-order chi connectivity index (χ1) is 8.79. The lowest BCUT2D eigenvalue weighted by molar-refractivity contribution is -0.137. The Balaban J connectivity index is 2.62. The number of anilines is 1. The summed E-state index contributed by atoms with van der Waals surface area (Å²) < 4.78 is 37.9. The largest absolute Gasteiger partial charge is 0.416 e. The number of hydrogen-bond acceptors (Lipinski definition) is 1. The van der Waals surface area contributed by atoms with E-state index >= 15 is 0 Å². The third-order valence-corrected chi connectivity index (χ3v) is 3.00. The summed E-state index contributed by atoms with van der Waals surface area (Å²) >= 11 is 6.03. The van der Waals surface area contributed by atoms with E-state index in [0.717, 1.165) is 12.1 Å². The highest BCUT2D eigenvalue weighted by Gasteiger charge is 2.30. The predicted octanol–water partition coefficient (Wildman–Crippen LogP) is 4.47. The van der Waals surface area contributed by atoms with Gasteiger partial charge in [0.25, 0.3) is 0 Å². The third kappa shape index (κ3) is 2.81. The van der Waals surface area contributed by atoms with Crippen molar-refractivity contribution in [3.05, 3.63) is 40.9 Å². The van der Waals surface area contributed by atoms with Crippen LogP contribution < -0.4 is 5.32 Å². The van der Waals surface area contributed by atoms with Crippen LogP contribution >= 0.6 is 11.6 Å². The predicted molar refractivity (Wildman–Crippen MR) is 68.3 cm³/mol. The molecule has 6 heteroatoms. The van der Waals surface area contributed by atoms with Gasteiger partial charge in [0, 0.05) is 12.3 Å². The first-order valence-electron chi connectivity index (χ1n) is 5.36. The van der Waals surface area contributed by atoms with Crippen LogP contribution in [-0.4, -0.2) is 5.91 Å². The van der Waals surface area contributed by atoms with Crippen LogP contribution in [0.25, 0.3) is 10.8 Å². The molecule has 0 aliphatic carbocycles. The molecule has 2 rings (SSSR count). The zero-order valence-electron chi connectivity index (χ0n) is 9.81. The molecule has 2 nitrogen and oxygen atoms in total. The summed E-state index contributed by atoms with van der Waals surface area (Å²) in [7, 11) is 0. The number of alkyl halides is 3. The molecule has 2 aromatic carbocycles. The Hall–Kier alpha value is -1.75. The Kier molecular flexibility index (Phi) is 3.41. The van der Waals surface area contributed by atoms with Crippen molar-refractivity contribution >= 4 is 34.0 Å². The number of carbonyl (C=O) groups excluding carboxylic acids is 1. The minimum absolute atomic E-state index is 0.0961. The SMILES string of the molecule is CC(=O)Nc1ccc2ccc(C(F)(F)F)cc2c1Cl. The lowest BCUT2D eigenvalue weighted by atomic mass is 10.1. The van der Waals surface area contributed by atoms with Gasteiger partial charge in [0.05, 0.1) is 16.3 Å². The zero-order chi connectivity index (χ0) is 14.2. The van der Waals surface area contributed by atoms with E-state index in [1.54, 1.807) is 12.1 Å². The van der Waals surface area contributed by atoms with Crippen LogP contribution in [0.15, 0.2) is 30.3 Å². The molecule has 0 aliphatic rings. The van der Waals surface area contributed by atoms with Crippen molar-refractivity contribution in [2.45, 2.75) is 13.1 Å². The van der Waals surface area contributed by atoms with Crippen molar-refractivity contribution in [2.75, 3.05) is 5.32 Å². The Morgan fingerprint density at radius 3 is 2.42 bits per heavy atom. The first kappa shape index (κ1) is 13.7. The molecule has 2 aromatic rings. The summed E-state index contributed by atoms with van der Waals surface area (Å²) in [5.74, 6) is -0.340. The molecule has 19 heavy (non-hydrogen) atoms.